The number of alkyl halides is 1. The number of hydrogen-bond acceptors (Lipinski definition) is 2. The number of halogens is 2. The molecule has 0 heterocycles. The molecular weight excluding hydrogens is 336 g/mol. The van der Waals surface area contributed by atoms with Crippen LogP contribution in [-0.2, 0) is 21.3 Å². The van der Waals surface area contributed by atoms with Gasteiger partial charge in [0.05, 0.1) is 13.0 Å². The first kappa shape index (κ1) is 13.7. The molecule has 0 aliphatic heterocycles. The quantitative estimate of drug-likeness (QED) is 0.611. The van der Waals surface area contributed by atoms with Gasteiger partial charge < -0.3 is 4.74 Å². The molecule has 1 aromatic rings. The zero-order chi connectivity index (χ0) is 12.1. The van der Waals surface area contributed by atoms with Crippen LogP contribution in [0.15, 0.2) is 16.6 Å². The summed E-state index contributed by atoms with van der Waals surface area (Å²) in [4.78, 5) is 11.4. The summed E-state index contributed by atoms with van der Waals surface area (Å²) in [7, 11) is 0. The summed E-state index contributed by atoms with van der Waals surface area (Å²) >= 11 is 6.92. The highest BCUT2D eigenvalue weighted by molar-refractivity contribution is 9.10. The van der Waals surface area contributed by atoms with Gasteiger partial charge in [0, 0.05) is 9.80 Å². The monoisotopic (exact) mass is 348 g/mol. The SMILES string of the molecule is CCOC(=O)Cc1cc(CBr)cc(C)c1Br. The van der Waals surface area contributed by atoms with Crippen molar-refractivity contribution in [1.82, 2.24) is 0 Å². The second kappa shape index (κ2) is 6.40. The molecule has 0 spiro atoms. The molecule has 1 rings (SSSR count). The van der Waals surface area contributed by atoms with E-state index in [4.69, 9.17) is 4.74 Å². The van der Waals surface area contributed by atoms with Gasteiger partial charge in [-0.3, -0.25) is 4.79 Å². The van der Waals surface area contributed by atoms with Gasteiger partial charge in [-0.15, -0.1) is 0 Å². The second-order valence-corrected chi connectivity index (χ2v) is 4.85. The second-order valence-electron chi connectivity index (χ2n) is 3.50. The Kier molecular flexibility index (Phi) is 5.49. The lowest BCUT2D eigenvalue weighted by atomic mass is 10.1. The molecule has 0 aliphatic carbocycles. The lowest BCUT2D eigenvalue weighted by Crippen LogP contribution is -2.08. The lowest BCUT2D eigenvalue weighted by Gasteiger charge is -2.09. The first-order chi connectivity index (χ1) is 7.58. The highest BCUT2D eigenvalue weighted by atomic mass is 79.9. The van der Waals surface area contributed by atoms with Crippen LogP contribution in [0.5, 0.6) is 0 Å². The number of aryl methyl sites for hydroxylation is 1. The molecule has 2 nitrogen and oxygen atoms in total. The first-order valence-corrected chi connectivity index (χ1v) is 6.99. The molecule has 0 atom stereocenters. The van der Waals surface area contributed by atoms with Gasteiger partial charge in [-0.1, -0.05) is 44.0 Å². The zero-order valence-corrected chi connectivity index (χ0v) is 12.5. The largest absolute Gasteiger partial charge is 0.466 e. The number of esters is 1. The van der Waals surface area contributed by atoms with E-state index in [-0.39, 0.29) is 5.97 Å². The minimum atomic E-state index is -0.186. The first-order valence-electron chi connectivity index (χ1n) is 5.08. The Morgan fingerprint density at radius 2 is 2.12 bits per heavy atom. The molecule has 16 heavy (non-hydrogen) atoms. The molecule has 0 saturated carbocycles. The highest BCUT2D eigenvalue weighted by Gasteiger charge is 2.10. The Hall–Kier alpha value is -0.350. The van der Waals surface area contributed by atoms with E-state index >= 15 is 0 Å². The molecule has 0 radical (unpaired) electrons. The predicted molar refractivity (Wildman–Crippen MR) is 71.8 cm³/mol. The molecule has 0 aliphatic rings. The standard InChI is InChI=1S/C12H14Br2O2/c1-3-16-11(15)6-10-5-9(7-13)4-8(2)12(10)14/h4-5H,3,6-7H2,1-2H3. The molecule has 0 fully saturated rings. The third-order valence-electron chi connectivity index (χ3n) is 2.18. The topological polar surface area (TPSA) is 26.3 Å². The van der Waals surface area contributed by atoms with E-state index < -0.39 is 0 Å². The molecule has 1 aromatic carbocycles. The highest BCUT2D eigenvalue weighted by Crippen LogP contribution is 2.25. The number of carbonyl (C=O) groups excluding carboxylic acids is 1. The molecular formula is C12H14Br2O2. The van der Waals surface area contributed by atoms with Crippen molar-refractivity contribution < 1.29 is 9.53 Å². The molecule has 4 heteroatoms. The Bertz CT molecular complexity index is 389. The van der Waals surface area contributed by atoms with E-state index in [1.807, 2.05) is 19.9 Å². The van der Waals surface area contributed by atoms with Crippen LogP contribution >= 0.6 is 31.9 Å². The van der Waals surface area contributed by atoms with Gasteiger partial charge in [0.25, 0.3) is 0 Å². The van der Waals surface area contributed by atoms with Crippen LogP contribution in [0.2, 0.25) is 0 Å². The summed E-state index contributed by atoms with van der Waals surface area (Å²) in [5.74, 6) is -0.186. The van der Waals surface area contributed by atoms with Gasteiger partial charge in [0.2, 0.25) is 0 Å². The van der Waals surface area contributed by atoms with E-state index in [2.05, 4.69) is 37.9 Å². The van der Waals surface area contributed by atoms with Crippen LogP contribution in [0.4, 0.5) is 0 Å². The van der Waals surface area contributed by atoms with Crippen LogP contribution in [0.3, 0.4) is 0 Å². The molecule has 88 valence electrons. The van der Waals surface area contributed by atoms with E-state index in [0.29, 0.717) is 13.0 Å². The van der Waals surface area contributed by atoms with Crippen LogP contribution in [-0.4, -0.2) is 12.6 Å². The number of ether oxygens (including phenoxy) is 1. The third-order valence-corrected chi connectivity index (χ3v) is 3.97. The maximum absolute atomic E-state index is 11.4. The average Bonchev–Trinajstić information content (AvgIpc) is 2.24. The van der Waals surface area contributed by atoms with Crippen molar-refractivity contribution in [3.8, 4) is 0 Å². The number of carbonyl (C=O) groups is 1. The van der Waals surface area contributed by atoms with Gasteiger partial charge in [0.1, 0.15) is 0 Å². The van der Waals surface area contributed by atoms with Gasteiger partial charge in [-0.25, -0.2) is 0 Å². The van der Waals surface area contributed by atoms with Crippen molar-refractivity contribution >= 4 is 37.8 Å². The zero-order valence-electron chi connectivity index (χ0n) is 9.35. The van der Waals surface area contributed by atoms with Crippen molar-refractivity contribution in [3.63, 3.8) is 0 Å². The Balaban J connectivity index is 2.94. The van der Waals surface area contributed by atoms with Crippen LogP contribution in [0, 0.1) is 6.92 Å². The fourth-order valence-corrected chi connectivity index (χ4v) is 2.19. The maximum Gasteiger partial charge on any atom is 0.310 e. The van der Waals surface area contributed by atoms with Gasteiger partial charge >= 0.3 is 5.97 Å². The normalized spacial score (nSPS) is 10.2. The molecule has 0 unspecified atom stereocenters. The van der Waals surface area contributed by atoms with E-state index in [0.717, 1.165) is 20.9 Å². The van der Waals surface area contributed by atoms with Crippen molar-refractivity contribution in [2.75, 3.05) is 6.61 Å². The summed E-state index contributed by atoms with van der Waals surface area (Å²) in [6.07, 6.45) is 0.316. The van der Waals surface area contributed by atoms with E-state index in [1.54, 1.807) is 0 Å². The summed E-state index contributed by atoms with van der Waals surface area (Å²) in [5, 5.41) is 0.789. The fraction of sp³-hybridized carbons (Fsp3) is 0.417. The molecule has 0 bridgehead atoms. The number of rotatable bonds is 4. The average molecular weight is 350 g/mol. The molecule has 0 saturated heterocycles. The van der Waals surface area contributed by atoms with E-state index in [1.165, 1.54) is 5.56 Å². The minimum absolute atomic E-state index is 0.186. The number of benzene rings is 1. The van der Waals surface area contributed by atoms with E-state index in [9.17, 15) is 4.79 Å². The van der Waals surface area contributed by atoms with Crippen molar-refractivity contribution in [3.05, 3.63) is 33.3 Å². The molecule has 0 amide bonds. The molecule has 0 N–H and O–H groups in total. The van der Waals surface area contributed by atoms with Crippen molar-refractivity contribution in [2.24, 2.45) is 0 Å². The van der Waals surface area contributed by atoms with Crippen molar-refractivity contribution in [2.45, 2.75) is 25.6 Å². The van der Waals surface area contributed by atoms with Gasteiger partial charge in [-0.05, 0) is 30.5 Å². The summed E-state index contributed by atoms with van der Waals surface area (Å²) in [5.41, 5.74) is 3.28. The smallest absolute Gasteiger partial charge is 0.310 e. The minimum Gasteiger partial charge on any atom is -0.466 e. The Morgan fingerprint density at radius 1 is 1.44 bits per heavy atom. The van der Waals surface area contributed by atoms with Crippen LogP contribution < -0.4 is 0 Å². The summed E-state index contributed by atoms with van der Waals surface area (Å²) in [6.45, 7) is 4.26. The maximum atomic E-state index is 11.4. The summed E-state index contributed by atoms with van der Waals surface area (Å²) < 4.78 is 5.93. The third kappa shape index (κ3) is 3.59. The fourth-order valence-electron chi connectivity index (χ4n) is 1.50. The number of hydrogen-bond donors (Lipinski definition) is 0. The van der Waals surface area contributed by atoms with Gasteiger partial charge in [-0.2, -0.15) is 0 Å². The Morgan fingerprint density at radius 3 is 2.69 bits per heavy atom. The van der Waals surface area contributed by atoms with Crippen molar-refractivity contribution in [1.29, 1.82) is 0 Å². The summed E-state index contributed by atoms with van der Waals surface area (Å²) in [6, 6.07) is 4.11. The molecule has 0 aromatic heterocycles. The van der Waals surface area contributed by atoms with Crippen LogP contribution in [0.25, 0.3) is 0 Å². The van der Waals surface area contributed by atoms with Crippen LogP contribution in [0.1, 0.15) is 23.6 Å². The van der Waals surface area contributed by atoms with Gasteiger partial charge in [0.15, 0.2) is 0 Å². The Labute approximate surface area is 113 Å². The lowest BCUT2D eigenvalue weighted by molar-refractivity contribution is -0.142. The predicted octanol–water partition coefficient (Wildman–Crippen LogP) is 3.76.